The van der Waals surface area contributed by atoms with E-state index < -0.39 is 5.97 Å². The number of carbonyl (C=O) groups is 2. The van der Waals surface area contributed by atoms with Gasteiger partial charge in [-0.1, -0.05) is 6.92 Å². The van der Waals surface area contributed by atoms with Crippen molar-refractivity contribution in [2.45, 2.75) is 40.5 Å². The van der Waals surface area contributed by atoms with Gasteiger partial charge >= 0.3 is 11.9 Å². The molecular formula is C12H16O5. The fourth-order valence-corrected chi connectivity index (χ4v) is 1.39. The molecule has 0 aromatic carbocycles. The maximum atomic E-state index is 11.4. The molecule has 0 unspecified atom stereocenters. The van der Waals surface area contributed by atoms with Crippen molar-refractivity contribution in [3.05, 3.63) is 11.5 Å². The molecule has 0 atom stereocenters. The number of aryl methyl sites for hydroxylation is 2. The van der Waals surface area contributed by atoms with Crippen LogP contribution in [0, 0.1) is 13.8 Å². The summed E-state index contributed by atoms with van der Waals surface area (Å²) in [6.07, 6.45) is 1.00. The molecular weight excluding hydrogens is 224 g/mol. The van der Waals surface area contributed by atoms with Gasteiger partial charge in [-0.15, -0.1) is 0 Å². The molecule has 0 saturated heterocycles. The van der Waals surface area contributed by atoms with Crippen LogP contribution in [-0.2, 0) is 9.59 Å². The van der Waals surface area contributed by atoms with Gasteiger partial charge in [0.05, 0.1) is 0 Å². The van der Waals surface area contributed by atoms with E-state index >= 15 is 0 Å². The number of hydrogen-bond acceptors (Lipinski definition) is 5. The van der Waals surface area contributed by atoms with Crippen LogP contribution in [0.3, 0.4) is 0 Å². The zero-order valence-electron chi connectivity index (χ0n) is 10.5. The molecule has 0 aliphatic rings. The molecule has 94 valence electrons. The lowest BCUT2D eigenvalue weighted by Gasteiger charge is -2.05. The van der Waals surface area contributed by atoms with Crippen molar-refractivity contribution in [1.82, 2.24) is 0 Å². The predicted octanol–water partition coefficient (Wildman–Crippen LogP) is 2.53. The van der Waals surface area contributed by atoms with Crippen LogP contribution < -0.4 is 9.47 Å². The van der Waals surface area contributed by atoms with Crippen LogP contribution in [0.4, 0.5) is 0 Å². The van der Waals surface area contributed by atoms with Crippen LogP contribution in [-0.4, -0.2) is 11.9 Å². The quantitative estimate of drug-likeness (QED) is 0.756. The Morgan fingerprint density at radius 1 is 1.12 bits per heavy atom. The standard InChI is InChI=1S/C12H16O5/c1-5-6-10(14)17-12-8(3)15-7(2)11(12)16-9(4)13/h5-6H2,1-4H3. The third kappa shape index (κ3) is 3.34. The summed E-state index contributed by atoms with van der Waals surface area (Å²) >= 11 is 0. The average molecular weight is 240 g/mol. The molecule has 5 nitrogen and oxygen atoms in total. The van der Waals surface area contributed by atoms with Gasteiger partial charge in [0.1, 0.15) is 11.5 Å². The van der Waals surface area contributed by atoms with Gasteiger partial charge in [-0.2, -0.15) is 0 Å². The molecule has 0 bridgehead atoms. The molecule has 1 heterocycles. The summed E-state index contributed by atoms with van der Waals surface area (Å²) in [7, 11) is 0. The minimum atomic E-state index is -0.485. The minimum Gasteiger partial charge on any atom is -0.459 e. The maximum absolute atomic E-state index is 11.4. The first-order valence-electron chi connectivity index (χ1n) is 5.44. The molecule has 0 radical (unpaired) electrons. The molecule has 0 aliphatic heterocycles. The molecule has 17 heavy (non-hydrogen) atoms. The summed E-state index contributed by atoms with van der Waals surface area (Å²) in [4.78, 5) is 22.3. The minimum absolute atomic E-state index is 0.180. The predicted molar refractivity (Wildman–Crippen MR) is 60.0 cm³/mol. The van der Waals surface area contributed by atoms with Gasteiger partial charge in [-0.25, -0.2) is 0 Å². The van der Waals surface area contributed by atoms with Gasteiger partial charge in [-0.05, 0) is 20.3 Å². The van der Waals surface area contributed by atoms with E-state index in [1.165, 1.54) is 6.92 Å². The number of hydrogen-bond donors (Lipinski definition) is 0. The van der Waals surface area contributed by atoms with E-state index in [0.717, 1.165) is 0 Å². The Morgan fingerprint density at radius 3 is 2.12 bits per heavy atom. The second-order valence-electron chi connectivity index (χ2n) is 3.69. The number of esters is 2. The Morgan fingerprint density at radius 2 is 1.65 bits per heavy atom. The zero-order valence-corrected chi connectivity index (χ0v) is 10.5. The first-order chi connectivity index (χ1) is 7.95. The van der Waals surface area contributed by atoms with E-state index in [1.54, 1.807) is 13.8 Å². The summed E-state index contributed by atoms with van der Waals surface area (Å²) in [5.41, 5.74) is 0. The normalized spacial score (nSPS) is 10.1. The van der Waals surface area contributed by atoms with E-state index in [9.17, 15) is 9.59 Å². The summed E-state index contributed by atoms with van der Waals surface area (Å²) in [6, 6.07) is 0. The van der Waals surface area contributed by atoms with E-state index in [-0.39, 0.29) is 17.5 Å². The number of rotatable bonds is 4. The van der Waals surface area contributed by atoms with Gasteiger partial charge in [0.25, 0.3) is 0 Å². The molecule has 0 amide bonds. The zero-order chi connectivity index (χ0) is 13.0. The molecule has 1 aromatic rings. The van der Waals surface area contributed by atoms with E-state index in [4.69, 9.17) is 13.9 Å². The lowest BCUT2D eigenvalue weighted by atomic mass is 10.3. The second kappa shape index (κ2) is 5.52. The van der Waals surface area contributed by atoms with Gasteiger partial charge in [-0.3, -0.25) is 9.59 Å². The SMILES string of the molecule is CCCC(=O)Oc1c(C)oc(C)c1OC(C)=O. The monoisotopic (exact) mass is 240 g/mol. The summed E-state index contributed by atoms with van der Waals surface area (Å²) in [6.45, 7) is 6.44. The third-order valence-corrected chi connectivity index (χ3v) is 2.07. The molecule has 0 saturated carbocycles. The lowest BCUT2D eigenvalue weighted by Crippen LogP contribution is -2.09. The van der Waals surface area contributed by atoms with Gasteiger partial charge in [0.15, 0.2) is 0 Å². The summed E-state index contributed by atoms with van der Waals surface area (Å²) in [5.74, 6) is 0.349. The summed E-state index contributed by atoms with van der Waals surface area (Å²) in [5, 5.41) is 0. The van der Waals surface area contributed by atoms with Crippen LogP contribution in [0.1, 0.15) is 38.2 Å². The fraction of sp³-hybridized carbons (Fsp3) is 0.500. The highest BCUT2D eigenvalue weighted by Crippen LogP contribution is 2.37. The molecule has 0 spiro atoms. The molecule has 0 fully saturated rings. The Balaban J connectivity index is 2.96. The number of ether oxygens (including phenoxy) is 2. The largest absolute Gasteiger partial charge is 0.459 e. The fourth-order valence-electron chi connectivity index (χ4n) is 1.39. The Kier molecular flexibility index (Phi) is 4.31. The highest BCUT2D eigenvalue weighted by Gasteiger charge is 2.22. The third-order valence-electron chi connectivity index (χ3n) is 2.07. The highest BCUT2D eigenvalue weighted by molar-refractivity contribution is 5.75. The van der Waals surface area contributed by atoms with Crippen molar-refractivity contribution in [3.63, 3.8) is 0 Å². The van der Waals surface area contributed by atoms with Crippen LogP contribution in [0.25, 0.3) is 0 Å². The Labute approximate surface area is 99.7 Å². The number of carbonyl (C=O) groups excluding carboxylic acids is 2. The van der Waals surface area contributed by atoms with E-state index in [2.05, 4.69) is 0 Å². The van der Waals surface area contributed by atoms with Crippen molar-refractivity contribution in [3.8, 4) is 11.5 Å². The van der Waals surface area contributed by atoms with E-state index in [0.29, 0.717) is 24.4 Å². The summed E-state index contributed by atoms with van der Waals surface area (Å²) < 4.78 is 15.4. The molecule has 5 heteroatoms. The van der Waals surface area contributed by atoms with Crippen LogP contribution in [0.5, 0.6) is 11.5 Å². The smallest absolute Gasteiger partial charge is 0.311 e. The van der Waals surface area contributed by atoms with Crippen molar-refractivity contribution in [2.24, 2.45) is 0 Å². The van der Waals surface area contributed by atoms with Crippen molar-refractivity contribution in [1.29, 1.82) is 0 Å². The van der Waals surface area contributed by atoms with Gasteiger partial charge < -0.3 is 13.9 Å². The van der Waals surface area contributed by atoms with Crippen LogP contribution in [0.15, 0.2) is 4.42 Å². The van der Waals surface area contributed by atoms with E-state index in [1.807, 2.05) is 6.92 Å². The van der Waals surface area contributed by atoms with Crippen molar-refractivity contribution in [2.75, 3.05) is 0 Å². The van der Waals surface area contributed by atoms with Gasteiger partial charge in [0, 0.05) is 13.3 Å². The maximum Gasteiger partial charge on any atom is 0.311 e. The second-order valence-corrected chi connectivity index (χ2v) is 3.69. The first kappa shape index (κ1) is 13.3. The Bertz CT molecular complexity index is 430. The first-order valence-corrected chi connectivity index (χ1v) is 5.44. The molecule has 0 N–H and O–H groups in total. The molecule has 0 aliphatic carbocycles. The Hall–Kier alpha value is -1.78. The van der Waals surface area contributed by atoms with Crippen LogP contribution >= 0.6 is 0 Å². The number of furan rings is 1. The topological polar surface area (TPSA) is 65.7 Å². The van der Waals surface area contributed by atoms with Crippen LogP contribution in [0.2, 0.25) is 0 Å². The molecule has 1 aromatic heterocycles. The van der Waals surface area contributed by atoms with Crippen molar-refractivity contribution >= 4 is 11.9 Å². The molecule has 1 rings (SSSR count). The highest BCUT2D eigenvalue weighted by atomic mass is 16.6. The average Bonchev–Trinajstić information content (AvgIpc) is 2.45. The van der Waals surface area contributed by atoms with Gasteiger partial charge in [0.2, 0.25) is 11.5 Å². The lowest BCUT2D eigenvalue weighted by molar-refractivity contribution is -0.136. The van der Waals surface area contributed by atoms with Crippen molar-refractivity contribution < 1.29 is 23.5 Å².